The number of amides is 1. The Balaban J connectivity index is 2.37. The van der Waals surface area contributed by atoms with Crippen LogP contribution in [0.3, 0.4) is 0 Å². The minimum Gasteiger partial charge on any atom is -0.404 e. The van der Waals surface area contributed by atoms with Gasteiger partial charge in [0.1, 0.15) is 5.82 Å². The number of hydrogen-bond acceptors (Lipinski definition) is 4. The van der Waals surface area contributed by atoms with Gasteiger partial charge in [-0.15, -0.1) is 13.2 Å². The number of carbonyl (C=O) groups is 1. The Hall–Kier alpha value is -3.17. The average molecular weight is 358 g/mol. The minimum absolute atomic E-state index is 0.154. The van der Waals surface area contributed by atoms with Crippen LogP contribution in [0, 0.1) is 22.9 Å². The van der Waals surface area contributed by atoms with E-state index < -0.39 is 40.0 Å². The van der Waals surface area contributed by atoms with E-state index in [9.17, 15) is 32.5 Å². The third-order valence-electron chi connectivity index (χ3n) is 3.06. The molecule has 6 nitrogen and oxygen atoms in total. The second-order valence-corrected chi connectivity index (χ2v) is 4.88. The summed E-state index contributed by atoms with van der Waals surface area (Å²) in [6.07, 6.45) is -4.99. The van der Waals surface area contributed by atoms with Crippen LogP contribution in [0.15, 0.2) is 36.4 Å². The Labute approximate surface area is 138 Å². The summed E-state index contributed by atoms with van der Waals surface area (Å²) in [5.74, 6) is -2.87. The first-order valence-corrected chi connectivity index (χ1v) is 6.69. The predicted molar refractivity (Wildman–Crippen MR) is 78.9 cm³/mol. The summed E-state index contributed by atoms with van der Waals surface area (Å²) in [6, 6.07) is 6.28. The molecule has 132 valence electrons. The number of carbonyl (C=O) groups excluding carboxylic acids is 1. The molecule has 0 aliphatic carbocycles. The van der Waals surface area contributed by atoms with E-state index in [0.29, 0.717) is 6.07 Å². The molecule has 2 aromatic carbocycles. The van der Waals surface area contributed by atoms with Crippen molar-refractivity contribution in [3.63, 3.8) is 0 Å². The number of nitro benzene ring substituents is 1. The van der Waals surface area contributed by atoms with E-state index in [-0.39, 0.29) is 11.3 Å². The number of ether oxygens (including phenoxy) is 1. The van der Waals surface area contributed by atoms with Crippen LogP contribution in [0.2, 0.25) is 0 Å². The lowest BCUT2D eigenvalue weighted by Crippen LogP contribution is -2.20. The van der Waals surface area contributed by atoms with Crippen LogP contribution in [0.4, 0.5) is 28.9 Å². The number of nitrogens with one attached hydrogen (secondary N) is 1. The van der Waals surface area contributed by atoms with Gasteiger partial charge >= 0.3 is 6.36 Å². The van der Waals surface area contributed by atoms with Gasteiger partial charge in [0.2, 0.25) is 0 Å². The molecule has 0 radical (unpaired) electrons. The Kier molecular flexibility index (Phi) is 4.91. The van der Waals surface area contributed by atoms with Crippen LogP contribution in [0.1, 0.15) is 15.9 Å². The first-order chi connectivity index (χ1) is 11.6. The minimum atomic E-state index is -4.99. The average Bonchev–Trinajstić information content (AvgIpc) is 2.50. The molecule has 0 aliphatic heterocycles. The molecule has 1 amide bonds. The molecule has 10 heteroatoms. The van der Waals surface area contributed by atoms with Crippen LogP contribution in [0.5, 0.6) is 5.75 Å². The van der Waals surface area contributed by atoms with Gasteiger partial charge in [-0.3, -0.25) is 14.9 Å². The van der Waals surface area contributed by atoms with Crippen molar-refractivity contribution in [2.24, 2.45) is 0 Å². The largest absolute Gasteiger partial charge is 0.573 e. The molecule has 0 heterocycles. The van der Waals surface area contributed by atoms with Gasteiger partial charge in [0.05, 0.1) is 16.2 Å². The molecule has 1 N–H and O–H groups in total. The number of rotatable bonds is 4. The number of non-ortho nitro benzene ring substituents is 1. The van der Waals surface area contributed by atoms with E-state index in [4.69, 9.17) is 0 Å². The van der Waals surface area contributed by atoms with Crippen molar-refractivity contribution in [2.45, 2.75) is 13.3 Å². The van der Waals surface area contributed by atoms with E-state index in [0.717, 1.165) is 18.2 Å². The van der Waals surface area contributed by atoms with Crippen molar-refractivity contribution < 1.29 is 32.0 Å². The predicted octanol–water partition coefficient (Wildman–Crippen LogP) is 4.19. The lowest BCUT2D eigenvalue weighted by molar-refractivity contribution is -0.385. The smallest absolute Gasteiger partial charge is 0.404 e. The molecule has 2 aromatic rings. The molecule has 25 heavy (non-hydrogen) atoms. The van der Waals surface area contributed by atoms with E-state index >= 15 is 0 Å². The van der Waals surface area contributed by atoms with Crippen LogP contribution in [0.25, 0.3) is 0 Å². The number of para-hydroxylation sites is 2. The summed E-state index contributed by atoms with van der Waals surface area (Å²) in [5.41, 5.74) is -1.72. The van der Waals surface area contributed by atoms with E-state index in [1.54, 1.807) is 0 Å². The van der Waals surface area contributed by atoms with Crippen molar-refractivity contribution >= 4 is 17.3 Å². The highest BCUT2D eigenvalue weighted by molar-refractivity contribution is 6.05. The van der Waals surface area contributed by atoms with Crippen LogP contribution < -0.4 is 10.1 Å². The zero-order chi connectivity index (χ0) is 18.8. The number of hydrogen-bond donors (Lipinski definition) is 1. The van der Waals surface area contributed by atoms with Crippen molar-refractivity contribution in [3.05, 3.63) is 63.5 Å². The molecular formula is C15H10F4N2O4. The first-order valence-electron chi connectivity index (χ1n) is 6.69. The van der Waals surface area contributed by atoms with Crippen molar-refractivity contribution in [1.82, 2.24) is 0 Å². The fourth-order valence-electron chi connectivity index (χ4n) is 1.99. The Bertz CT molecular complexity index is 837. The molecule has 0 spiro atoms. The van der Waals surface area contributed by atoms with E-state index in [1.165, 1.54) is 19.1 Å². The monoisotopic (exact) mass is 358 g/mol. The van der Waals surface area contributed by atoms with Gasteiger partial charge in [0.25, 0.3) is 11.6 Å². The fourth-order valence-corrected chi connectivity index (χ4v) is 1.99. The second kappa shape index (κ2) is 6.75. The third kappa shape index (κ3) is 4.43. The third-order valence-corrected chi connectivity index (χ3v) is 3.06. The molecular weight excluding hydrogens is 348 g/mol. The van der Waals surface area contributed by atoms with Crippen molar-refractivity contribution in [2.75, 3.05) is 5.32 Å². The number of nitrogens with zero attached hydrogens (tertiary/aromatic N) is 1. The number of halogens is 4. The Morgan fingerprint density at radius 3 is 2.48 bits per heavy atom. The normalized spacial score (nSPS) is 11.1. The fraction of sp³-hybridized carbons (Fsp3) is 0.133. The molecule has 0 saturated carbocycles. The zero-order valence-electron chi connectivity index (χ0n) is 12.6. The maximum atomic E-state index is 14.1. The highest BCUT2D eigenvalue weighted by Gasteiger charge is 2.32. The number of benzene rings is 2. The Morgan fingerprint density at radius 2 is 1.88 bits per heavy atom. The molecule has 0 fully saturated rings. The van der Waals surface area contributed by atoms with Crippen LogP contribution in [-0.2, 0) is 0 Å². The van der Waals surface area contributed by atoms with Gasteiger partial charge in [0.15, 0.2) is 5.75 Å². The maximum absolute atomic E-state index is 14.1. The standard InChI is InChI=1S/C15H10F4N2O4/c1-8-6-9(21(23)24)7-10(13(8)16)14(22)20-11-4-2-3-5-12(11)25-15(17,18)19/h2-7H,1H3,(H,20,22). The highest BCUT2D eigenvalue weighted by Crippen LogP contribution is 2.31. The molecule has 0 unspecified atom stereocenters. The quantitative estimate of drug-likeness (QED) is 0.505. The zero-order valence-corrected chi connectivity index (χ0v) is 12.6. The van der Waals surface area contributed by atoms with Gasteiger partial charge in [0, 0.05) is 12.1 Å². The summed E-state index contributed by atoms with van der Waals surface area (Å²) < 4.78 is 55.0. The molecule has 0 saturated heterocycles. The first kappa shape index (κ1) is 18.2. The topological polar surface area (TPSA) is 81.5 Å². The summed E-state index contributed by atoms with van der Waals surface area (Å²) in [7, 11) is 0. The van der Waals surface area contributed by atoms with Gasteiger partial charge < -0.3 is 10.1 Å². The van der Waals surface area contributed by atoms with Crippen molar-refractivity contribution in [3.8, 4) is 5.75 Å². The van der Waals surface area contributed by atoms with E-state index in [1.807, 2.05) is 0 Å². The molecule has 0 aliphatic rings. The summed E-state index contributed by atoms with van der Waals surface area (Å²) in [4.78, 5) is 22.2. The van der Waals surface area contributed by atoms with Crippen molar-refractivity contribution in [1.29, 1.82) is 0 Å². The summed E-state index contributed by atoms with van der Waals surface area (Å²) in [6.45, 7) is 1.22. The van der Waals surface area contributed by atoms with Gasteiger partial charge in [-0.1, -0.05) is 12.1 Å². The summed E-state index contributed by atoms with van der Waals surface area (Å²) in [5, 5.41) is 12.9. The molecule has 0 atom stereocenters. The molecule has 0 bridgehead atoms. The molecule has 2 rings (SSSR count). The lowest BCUT2D eigenvalue weighted by atomic mass is 10.1. The highest BCUT2D eigenvalue weighted by atomic mass is 19.4. The molecule has 0 aromatic heterocycles. The van der Waals surface area contributed by atoms with Gasteiger partial charge in [-0.2, -0.15) is 0 Å². The number of anilines is 1. The summed E-state index contributed by atoms with van der Waals surface area (Å²) >= 11 is 0. The number of nitro groups is 1. The number of alkyl halides is 3. The van der Waals surface area contributed by atoms with Crippen LogP contribution in [-0.4, -0.2) is 17.2 Å². The van der Waals surface area contributed by atoms with E-state index in [2.05, 4.69) is 10.1 Å². The van der Waals surface area contributed by atoms with Gasteiger partial charge in [-0.05, 0) is 24.6 Å². The SMILES string of the molecule is Cc1cc([N+](=O)[O-])cc(C(=O)Nc2ccccc2OC(F)(F)F)c1F. The van der Waals surface area contributed by atoms with Crippen LogP contribution >= 0.6 is 0 Å². The maximum Gasteiger partial charge on any atom is 0.573 e. The Morgan fingerprint density at radius 1 is 1.24 bits per heavy atom. The lowest BCUT2D eigenvalue weighted by Gasteiger charge is -2.14. The van der Waals surface area contributed by atoms with Gasteiger partial charge in [-0.25, -0.2) is 4.39 Å². The second-order valence-electron chi connectivity index (χ2n) is 4.88. The number of aryl methyl sites for hydroxylation is 1.